The Labute approximate surface area is 171 Å². The number of carbonyl (C=O) groups excluding carboxylic acids is 4. The second kappa shape index (κ2) is 8.17. The Morgan fingerprint density at radius 1 is 1.21 bits per heavy atom. The number of hydrogen-bond acceptors (Lipinski definition) is 6. The van der Waals surface area contributed by atoms with Gasteiger partial charge in [0, 0.05) is 0 Å². The van der Waals surface area contributed by atoms with Crippen LogP contribution in [0.25, 0.3) is 0 Å². The molecule has 148 valence electrons. The summed E-state index contributed by atoms with van der Waals surface area (Å²) in [5.41, 5.74) is -1.05. The normalized spacial score (nSPS) is 15.1. The second-order valence-electron chi connectivity index (χ2n) is 6.69. The van der Waals surface area contributed by atoms with E-state index in [0.29, 0.717) is 4.90 Å². The number of ether oxygens (including phenoxy) is 1. The van der Waals surface area contributed by atoms with Crippen molar-refractivity contribution in [1.82, 2.24) is 10.2 Å². The van der Waals surface area contributed by atoms with Gasteiger partial charge in [0.25, 0.3) is 17.7 Å². The fourth-order valence-corrected chi connectivity index (χ4v) is 2.70. The van der Waals surface area contributed by atoms with Gasteiger partial charge in [-0.2, -0.15) is 5.26 Å². The molecule has 1 aromatic rings. The van der Waals surface area contributed by atoms with E-state index in [0.717, 1.165) is 0 Å². The van der Waals surface area contributed by atoms with Crippen molar-refractivity contribution in [2.45, 2.75) is 26.3 Å². The molecule has 0 saturated carbocycles. The van der Waals surface area contributed by atoms with Crippen molar-refractivity contribution in [2.75, 3.05) is 13.2 Å². The summed E-state index contributed by atoms with van der Waals surface area (Å²) in [7, 11) is 0. The monoisotopic (exact) mass is 425 g/mol. The fourth-order valence-electron chi connectivity index (χ4n) is 2.38. The molecule has 1 atom stereocenters. The molecule has 0 aliphatic carbocycles. The van der Waals surface area contributed by atoms with Gasteiger partial charge < -0.3 is 10.1 Å². The van der Waals surface area contributed by atoms with E-state index in [-0.39, 0.29) is 27.1 Å². The summed E-state index contributed by atoms with van der Waals surface area (Å²) < 4.78 is 4.82. The summed E-state index contributed by atoms with van der Waals surface area (Å²) in [6.45, 7) is 3.75. The zero-order chi connectivity index (χ0) is 21.2. The van der Waals surface area contributed by atoms with E-state index in [1.54, 1.807) is 20.8 Å². The number of amides is 3. The van der Waals surface area contributed by atoms with Crippen LogP contribution in [-0.4, -0.2) is 47.3 Å². The molecule has 1 aromatic carbocycles. The van der Waals surface area contributed by atoms with Crippen LogP contribution in [0.5, 0.6) is 0 Å². The number of carbonyl (C=O) groups is 4. The third-order valence-electron chi connectivity index (χ3n) is 4.45. The molecule has 1 heterocycles. The molecule has 1 N–H and O–H groups in total. The van der Waals surface area contributed by atoms with E-state index in [1.165, 1.54) is 12.1 Å². The van der Waals surface area contributed by atoms with E-state index >= 15 is 0 Å². The van der Waals surface area contributed by atoms with Gasteiger partial charge in [0.05, 0.1) is 27.2 Å². The average molecular weight is 426 g/mol. The second-order valence-corrected chi connectivity index (χ2v) is 7.50. The van der Waals surface area contributed by atoms with Crippen LogP contribution < -0.4 is 5.32 Å². The average Bonchev–Trinajstić information content (AvgIpc) is 2.85. The highest BCUT2D eigenvalue weighted by Gasteiger charge is 2.38. The Morgan fingerprint density at radius 3 is 2.14 bits per heavy atom. The number of rotatable bonds is 6. The van der Waals surface area contributed by atoms with Crippen molar-refractivity contribution in [1.29, 1.82) is 5.26 Å². The van der Waals surface area contributed by atoms with Gasteiger partial charge in [-0.25, -0.2) is 0 Å². The number of halogens is 2. The highest BCUT2D eigenvalue weighted by atomic mass is 35.5. The number of nitrogens with zero attached hydrogens (tertiary/aromatic N) is 2. The molecule has 0 fully saturated rings. The minimum atomic E-state index is -1.12. The van der Waals surface area contributed by atoms with Crippen molar-refractivity contribution in [3.63, 3.8) is 0 Å². The zero-order valence-electron chi connectivity index (χ0n) is 15.3. The molecule has 3 amide bonds. The molecule has 0 saturated heterocycles. The van der Waals surface area contributed by atoms with Gasteiger partial charge in [-0.05, 0) is 25.0 Å². The van der Waals surface area contributed by atoms with E-state index < -0.39 is 42.4 Å². The standard InChI is InChI=1S/C18H17Cl2N3O5/c1-9(2)18(3,8-21)22-14(24)7-28-15(25)6-23-16(26)10-4-12(19)13(20)5-11(10)17(23)27/h4-5,9H,6-7H2,1-3H3,(H,22,24)/t18-/m0/s1. The lowest BCUT2D eigenvalue weighted by Crippen LogP contribution is -2.50. The van der Waals surface area contributed by atoms with Crippen molar-refractivity contribution in [3.8, 4) is 6.07 Å². The molecular formula is C18H17Cl2N3O5. The molecule has 2 rings (SSSR count). The summed E-state index contributed by atoms with van der Waals surface area (Å²) in [6, 6.07) is 4.51. The van der Waals surface area contributed by atoms with Gasteiger partial charge in [-0.15, -0.1) is 0 Å². The fraction of sp³-hybridized carbons (Fsp3) is 0.389. The smallest absolute Gasteiger partial charge is 0.326 e. The molecule has 0 spiro atoms. The maximum absolute atomic E-state index is 12.3. The number of imide groups is 1. The molecule has 0 aromatic heterocycles. The quantitative estimate of drug-likeness (QED) is 0.551. The predicted octanol–water partition coefficient (Wildman–Crippen LogP) is 2.19. The SMILES string of the molecule is CC(C)[C@](C)(C#N)NC(=O)COC(=O)CN1C(=O)c2cc(Cl)c(Cl)cc2C1=O. The molecule has 0 bridgehead atoms. The molecular weight excluding hydrogens is 409 g/mol. The van der Waals surface area contributed by atoms with Gasteiger partial charge in [0.15, 0.2) is 6.61 Å². The van der Waals surface area contributed by atoms with Crippen molar-refractivity contribution < 1.29 is 23.9 Å². The van der Waals surface area contributed by atoms with Crippen LogP contribution in [0.2, 0.25) is 10.0 Å². The molecule has 1 aliphatic rings. The number of nitriles is 1. The largest absolute Gasteiger partial charge is 0.454 e. The molecule has 8 nitrogen and oxygen atoms in total. The van der Waals surface area contributed by atoms with Crippen LogP contribution in [0, 0.1) is 17.2 Å². The Kier molecular flexibility index (Phi) is 6.32. The minimum absolute atomic E-state index is 0.0339. The Balaban J connectivity index is 1.97. The molecule has 0 unspecified atom stereocenters. The predicted molar refractivity (Wildman–Crippen MR) is 99.8 cm³/mol. The molecule has 10 heteroatoms. The van der Waals surface area contributed by atoms with Gasteiger partial charge >= 0.3 is 5.97 Å². The third-order valence-corrected chi connectivity index (χ3v) is 5.17. The van der Waals surface area contributed by atoms with Crippen LogP contribution >= 0.6 is 23.2 Å². The summed E-state index contributed by atoms with van der Waals surface area (Å²) >= 11 is 11.7. The number of esters is 1. The highest BCUT2D eigenvalue weighted by Crippen LogP contribution is 2.31. The Hall–Kier alpha value is -2.63. The maximum atomic E-state index is 12.3. The first kappa shape index (κ1) is 21.7. The van der Waals surface area contributed by atoms with Crippen molar-refractivity contribution in [3.05, 3.63) is 33.3 Å². The van der Waals surface area contributed by atoms with E-state index in [4.69, 9.17) is 27.9 Å². The first-order valence-corrected chi connectivity index (χ1v) is 8.99. The van der Waals surface area contributed by atoms with Crippen LogP contribution in [0.4, 0.5) is 0 Å². The summed E-state index contributed by atoms with van der Waals surface area (Å²) in [5.74, 6) is -3.22. The molecule has 0 radical (unpaired) electrons. The summed E-state index contributed by atoms with van der Waals surface area (Å²) in [6.07, 6.45) is 0. The minimum Gasteiger partial charge on any atom is -0.454 e. The Bertz CT molecular complexity index is 868. The van der Waals surface area contributed by atoms with Gasteiger partial charge in [0.1, 0.15) is 12.1 Å². The van der Waals surface area contributed by atoms with Gasteiger partial charge in [-0.1, -0.05) is 37.0 Å². The summed E-state index contributed by atoms with van der Waals surface area (Å²) in [4.78, 5) is 49.3. The van der Waals surface area contributed by atoms with E-state index in [1.807, 2.05) is 6.07 Å². The lowest BCUT2D eigenvalue weighted by molar-refractivity contribution is -0.149. The van der Waals surface area contributed by atoms with E-state index in [9.17, 15) is 24.4 Å². The molecule has 1 aliphatic heterocycles. The number of nitrogens with one attached hydrogen (secondary N) is 1. The van der Waals surface area contributed by atoms with Crippen molar-refractivity contribution in [2.24, 2.45) is 5.92 Å². The third kappa shape index (κ3) is 4.26. The summed E-state index contributed by atoms with van der Waals surface area (Å²) in [5, 5.41) is 11.9. The number of hydrogen-bond donors (Lipinski definition) is 1. The lowest BCUT2D eigenvalue weighted by atomic mass is 9.90. The zero-order valence-corrected chi connectivity index (χ0v) is 16.8. The first-order valence-electron chi connectivity index (χ1n) is 8.23. The van der Waals surface area contributed by atoms with Crippen LogP contribution in [0.1, 0.15) is 41.5 Å². The van der Waals surface area contributed by atoms with Gasteiger partial charge in [-0.3, -0.25) is 24.1 Å². The van der Waals surface area contributed by atoms with Crippen LogP contribution in [-0.2, 0) is 14.3 Å². The Morgan fingerprint density at radius 2 is 1.71 bits per heavy atom. The topological polar surface area (TPSA) is 117 Å². The lowest BCUT2D eigenvalue weighted by Gasteiger charge is -2.27. The number of benzene rings is 1. The van der Waals surface area contributed by atoms with Crippen molar-refractivity contribution >= 4 is 46.9 Å². The first-order chi connectivity index (χ1) is 13.0. The van der Waals surface area contributed by atoms with Crippen LogP contribution in [0.15, 0.2) is 12.1 Å². The number of fused-ring (bicyclic) bond motifs is 1. The highest BCUT2D eigenvalue weighted by molar-refractivity contribution is 6.43. The van der Waals surface area contributed by atoms with Crippen LogP contribution in [0.3, 0.4) is 0 Å². The van der Waals surface area contributed by atoms with E-state index in [2.05, 4.69) is 5.32 Å². The molecule has 28 heavy (non-hydrogen) atoms. The van der Waals surface area contributed by atoms with Gasteiger partial charge in [0.2, 0.25) is 0 Å². The maximum Gasteiger partial charge on any atom is 0.326 e.